The van der Waals surface area contributed by atoms with Crippen LogP contribution >= 0.6 is 0 Å². The molecule has 0 atom stereocenters. The van der Waals surface area contributed by atoms with Crippen LogP contribution in [-0.2, 0) is 0 Å². The minimum atomic E-state index is -0.404. The Morgan fingerprint density at radius 3 is 3.00 bits per heavy atom. The number of carbonyl (C=O) groups excluding carboxylic acids is 1. The first-order valence-corrected chi connectivity index (χ1v) is 4.20. The van der Waals surface area contributed by atoms with Gasteiger partial charge in [0.2, 0.25) is 0 Å². The molecule has 0 aliphatic carbocycles. The molecule has 15 heavy (non-hydrogen) atoms. The lowest BCUT2D eigenvalue weighted by Crippen LogP contribution is -2.14. The number of anilines is 2. The van der Waals surface area contributed by atoms with Crippen molar-refractivity contribution >= 4 is 17.4 Å². The van der Waals surface area contributed by atoms with E-state index in [2.05, 4.69) is 20.7 Å². The third-order valence-corrected chi connectivity index (χ3v) is 1.77. The summed E-state index contributed by atoms with van der Waals surface area (Å²) < 4.78 is 4.79. The number of hydrogen-bond acceptors (Lipinski definition) is 5. The summed E-state index contributed by atoms with van der Waals surface area (Å²) in [4.78, 5) is 11.6. The predicted molar refractivity (Wildman–Crippen MR) is 52.2 cm³/mol. The van der Waals surface area contributed by atoms with Crippen LogP contribution in [-0.4, -0.2) is 21.3 Å². The van der Waals surface area contributed by atoms with E-state index in [0.717, 1.165) is 0 Å². The quantitative estimate of drug-likeness (QED) is 0.665. The van der Waals surface area contributed by atoms with E-state index in [1.807, 2.05) is 0 Å². The van der Waals surface area contributed by atoms with E-state index in [4.69, 9.17) is 10.3 Å². The number of aromatic nitrogens is 3. The summed E-state index contributed by atoms with van der Waals surface area (Å²) >= 11 is 0. The second-order valence-electron chi connectivity index (χ2n) is 2.98. The van der Waals surface area contributed by atoms with Gasteiger partial charge < -0.3 is 15.6 Å². The molecule has 0 fully saturated rings. The summed E-state index contributed by atoms with van der Waals surface area (Å²) in [6, 6.07) is 1.60. The summed E-state index contributed by atoms with van der Waals surface area (Å²) in [6.07, 6.45) is 1.36. The molecule has 7 heteroatoms. The van der Waals surface area contributed by atoms with Gasteiger partial charge in [0.25, 0.3) is 5.91 Å². The lowest BCUT2D eigenvalue weighted by Gasteiger charge is -1.98. The molecule has 2 heterocycles. The summed E-state index contributed by atoms with van der Waals surface area (Å²) in [5.41, 5.74) is 5.99. The van der Waals surface area contributed by atoms with Gasteiger partial charge >= 0.3 is 0 Å². The number of nitrogens with two attached hydrogens (primary N) is 1. The van der Waals surface area contributed by atoms with Crippen molar-refractivity contribution in [3.05, 3.63) is 23.7 Å². The zero-order chi connectivity index (χ0) is 10.8. The van der Waals surface area contributed by atoms with Crippen molar-refractivity contribution in [3.63, 3.8) is 0 Å². The molecule has 2 aromatic heterocycles. The van der Waals surface area contributed by atoms with Crippen molar-refractivity contribution in [2.45, 2.75) is 6.92 Å². The molecule has 0 saturated heterocycles. The van der Waals surface area contributed by atoms with Gasteiger partial charge in [-0.25, -0.2) is 0 Å². The molecule has 0 radical (unpaired) electrons. The maximum Gasteiger partial charge on any atom is 0.277 e. The van der Waals surface area contributed by atoms with Gasteiger partial charge in [0.1, 0.15) is 11.5 Å². The van der Waals surface area contributed by atoms with Crippen molar-refractivity contribution in [2.24, 2.45) is 0 Å². The first-order chi connectivity index (χ1) is 7.16. The molecule has 1 amide bonds. The van der Waals surface area contributed by atoms with Gasteiger partial charge in [-0.15, -0.1) is 0 Å². The zero-order valence-electron chi connectivity index (χ0n) is 7.94. The van der Waals surface area contributed by atoms with Crippen LogP contribution in [0.1, 0.15) is 16.2 Å². The maximum atomic E-state index is 11.6. The Labute approximate surface area is 84.6 Å². The standard InChI is InChI=1S/C8H9N5O2/c1-4-2-6(13-15-4)11-8(14)7-5(9)3-10-12-7/h2-3H,9H2,1H3,(H,10,12)(H,11,13,14). The zero-order valence-corrected chi connectivity index (χ0v) is 7.94. The van der Waals surface area contributed by atoms with E-state index in [0.29, 0.717) is 11.6 Å². The Morgan fingerprint density at radius 2 is 2.47 bits per heavy atom. The summed E-state index contributed by atoms with van der Waals surface area (Å²) in [5, 5.41) is 12.2. The minimum Gasteiger partial charge on any atom is -0.396 e. The SMILES string of the molecule is Cc1cc(NC(=O)c2[nH]ncc2N)no1. The average Bonchev–Trinajstić information content (AvgIpc) is 2.75. The highest BCUT2D eigenvalue weighted by atomic mass is 16.5. The number of aromatic amines is 1. The van der Waals surface area contributed by atoms with Gasteiger partial charge in [-0.3, -0.25) is 9.89 Å². The van der Waals surface area contributed by atoms with E-state index in [1.54, 1.807) is 13.0 Å². The molecule has 2 rings (SSSR count). The first-order valence-electron chi connectivity index (χ1n) is 4.20. The average molecular weight is 207 g/mol. The fourth-order valence-corrected chi connectivity index (χ4v) is 1.08. The van der Waals surface area contributed by atoms with E-state index in [9.17, 15) is 4.79 Å². The molecule has 0 aliphatic heterocycles. The van der Waals surface area contributed by atoms with E-state index < -0.39 is 5.91 Å². The topological polar surface area (TPSA) is 110 Å². The van der Waals surface area contributed by atoms with Crippen LogP contribution in [0.3, 0.4) is 0 Å². The number of H-pyrrole nitrogens is 1. The van der Waals surface area contributed by atoms with Crippen molar-refractivity contribution in [2.75, 3.05) is 11.1 Å². The lowest BCUT2D eigenvalue weighted by atomic mass is 10.3. The van der Waals surface area contributed by atoms with Crippen LogP contribution in [0.5, 0.6) is 0 Å². The Morgan fingerprint density at radius 1 is 1.67 bits per heavy atom. The highest BCUT2D eigenvalue weighted by molar-refractivity contribution is 6.05. The number of rotatable bonds is 2. The van der Waals surface area contributed by atoms with Gasteiger partial charge in [-0.05, 0) is 6.92 Å². The van der Waals surface area contributed by atoms with E-state index in [1.165, 1.54) is 6.20 Å². The number of nitrogens with one attached hydrogen (secondary N) is 2. The van der Waals surface area contributed by atoms with Crippen molar-refractivity contribution in [1.82, 2.24) is 15.4 Å². The highest BCUT2D eigenvalue weighted by Gasteiger charge is 2.13. The number of carbonyl (C=O) groups is 1. The monoisotopic (exact) mass is 207 g/mol. The summed E-state index contributed by atoms with van der Waals surface area (Å²) in [6.45, 7) is 1.73. The molecule has 0 aromatic carbocycles. The molecular formula is C8H9N5O2. The molecule has 0 aliphatic rings. The predicted octanol–water partition coefficient (Wildman–Crippen LogP) is 0.541. The molecule has 78 valence electrons. The first kappa shape index (κ1) is 9.25. The number of nitrogen functional groups attached to an aromatic ring is 1. The van der Waals surface area contributed by atoms with Gasteiger partial charge in [0.15, 0.2) is 5.82 Å². The molecule has 0 bridgehead atoms. The second-order valence-corrected chi connectivity index (χ2v) is 2.98. The summed E-state index contributed by atoms with van der Waals surface area (Å²) in [7, 11) is 0. The number of amides is 1. The molecule has 0 saturated carbocycles. The molecule has 0 unspecified atom stereocenters. The third-order valence-electron chi connectivity index (χ3n) is 1.77. The van der Waals surface area contributed by atoms with Gasteiger partial charge in [-0.2, -0.15) is 5.10 Å². The van der Waals surface area contributed by atoms with Crippen LogP contribution in [0, 0.1) is 6.92 Å². The van der Waals surface area contributed by atoms with Crippen LogP contribution in [0.25, 0.3) is 0 Å². The molecule has 4 N–H and O–H groups in total. The lowest BCUT2D eigenvalue weighted by molar-refractivity contribution is 0.102. The van der Waals surface area contributed by atoms with Crippen LogP contribution in [0.4, 0.5) is 11.5 Å². The summed E-state index contributed by atoms with van der Waals surface area (Å²) in [5.74, 6) is 0.549. The third kappa shape index (κ3) is 1.80. The largest absolute Gasteiger partial charge is 0.396 e. The van der Waals surface area contributed by atoms with Crippen LogP contribution in [0.15, 0.2) is 16.8 Å². The Hall–Kier alpha value is -2.31. The van der Waals surface area contributed by atoms with Crippen LogP contribution in [0.2, 0.25) is 0 Å². The fourth-order valence-electron chi connectivity index (χ4n) is 1.08. The van der Waals surface area contributed by atoms with Gasteiger partial charge in [0.05, 0.1) is 11.9 Å². The van der Waals surface area contributed by atoms with E-state index >= 15 is 0 Å². The molecule has 7 nitrogen and oxygen atoms in total. The second kappa shape index (κ2) is 3.45. The molecule has 2 aromatic rings. The molecular weight excluding hydrogens is 198 g/mol. The Kier molecular flexibility index (Phi) is 2.13. The van der Waals surface area contributed by atoms with Crippen molar-refractivity contribution < 1.29 is 9.32 Å². The van der Waals surface area contributed by atoms with E-state index in [-0.39, 0.29) is 11.4 Å². The smallest absolute Gasteiger partial charge is 0.277 e. The number of nitrogens with zero attached hydrogens (tertiary/aromatic N) is 2. The van der Waals surface area contributed by atoms with Crippen molar-refractivity contribution in [3.8, 4) is 0 Å². The fraction of sp³-hybridized carbons (Fsp3) is 0.125. The maximum absolute atomic E-state index is 11.6. The highest BCUT2D eigenvalue weighted by Crippen LogP contribution is 2.11. The Balaban J connectivity index is 2.14. The van der Waals surface area contributed by atoms with Gasteiger partial charge in [0, 0.05) is 6.07 Å². The van der Waals surface area contributed by atoms with Gasteiger partial charge in [-0.1, -0.05) is 5.16 Å². The van der Waals surface area contributed by atoms with Crippen molar-refractivity contribution in [1.29, 1.82) is 0 Å². The molecule has 0 spiro atoms. The minimum absolute atomic E-state index is 0.204. The Bertz CT molecular complexity index is 487. The normalized spacial score (nSPS) is 10.2. The number of aryl methyl sites for hydroxylation is 1. The van der Waals surface area contributed by atoms with Crippen LogP contribution < -0.4 is 11.1 Å². The number of hydrogen-bond donors (Lipinski definition) is 3.